The number of hydrogen-bond acceptors (Lipinski definition) is 6. The summed E-state index contributed by atoms with van der Waals surface area (Å²) in [6.45, 7) is 3.46. The van der Waals surface area contributed by atoms with Crippen molar-refractivity contribution in [3.8, 4) is 5.75 Å². The Morgan fingerprint density at radius 3 is 2.31 bits per heavy atom. The first kappa shape index (κ1) is 27.3. The maximum atomic E-state index is 13.5. The van der Waals surface area contributed by atoms with Crippen molar-refractivity contribution in [2.45, 2.75) is 50.0 Å². The highest BCUT2D eigenvalue weighted by Crippen LogP contribution is 2.28. The fraction of sp³-hybridized carbons (Fsp3) is 0.519. The van der Waals surface area contributed by atoms with Gasteiger partial charge in [0, 0.05) is 25.2 Å². The number of ketones is 1. The Hall–Kier alpha value is -2.26. The predicted molar refractivity (Wildman–Crippen MR) is 137 cm³/mol. The number of carbonyl (C=O) groups is 1. The second-order valence-electron chi connectivity index (χ2n) is 9.33. The molecule has 0 aliphatic heterocycles. The molecule has 7 nitrogen and oxygen atoms in total. The molecule has 0 amide bonds. The van der Waals surface area contributed by atoms with E-state index in [1.54, 1.807) is 36.4 Å². The fourth-order valence-corrected chi connectivity index (χ4v) is 6.26. The normalized spacial score (nSPS) is 15.6. The van der Waals surface area contributed by atoms with E-state index >= 15 is 0 Å². The van der Waals surface area contributed by atoms with Crippen LogP contribution in [0.25, 0.3) is 0 Å². The summed E-state index contributed by atoms with van der Waals surface area (Å²) in [6, 6.07) is 15.5. The Balaban J connectivity index is 1.72. The smallest absolute Gasteiger partial charge is 0.243 e. The number of benzene rings is 2. The van der Waals surface area contributed by atoms with E-state index in [9.17, 15) is 18.3 Å². The van der Waals surface area contributed by atoms with Crippen molar-refractivity contribution in [2.75, 3.05) is 39.8 Å². The molecular weight excluding hydrogens is 464 g/mol. The monoisotopic (exact) mass is 502 g/mol. The lowest BCUT2D eigenvalue weighted by molar-refractivity contribution is 0.0773. The van der Waals surface area contributed by atoms with E-state index in [4.69, 9.17) is 4.74 Å². The van der Waals surface area contributed by atoms with Crippen molar-refractivity contribution in [2.24, 2.45) is 5.92 Å². The van der Waals surface area contributed by atoms with Gasteiger partial charge in [0.2, 0.25) is 10.0 Å². The number of hydrogen-bond donors (Lipinski definition) is 1. The molecule has 2 aromatic rings. The molecule has 0 spiro atoms. The van der Waals surface area contributed by atoms with Gasteiger partial charge in [-0.3, -0.25) is 9.69 Å². The number of methoxy groups -OCH3 is 1. The summed E-state index contributed by atoms with van der Waals surface area (Å²) in [6.07, 6.45) is 4.12. The van der Waals surface area contributed by atoms with E-state index in [-0.39, 0.29) is 30.3 Å². The third-order valence-corrected chi connectivity index (χ3v) is 8.37. The van der Waals surface area contributed by atoms with Gasteiger partial charge < -0.3 is 9.84 Å². The lowest BCUT2D eigenvalue weighted by Crippen LogP contribution is -2.45. The van der Waals surface area contributed by atoms with Crippen molar-refractivity contribution in [1.29, 1.82) is 0 Å². The number of aliphatic hydroxyl groups excluding tert-OH is 1. The highest BCUT2D eigenvalue weighted by molar-refractivity contribution is 7.89. The lowest BCUT2D eigenvalue weighted by Gasteiger charge is -2.30. The number of aliphatic hydroxyl groups is 1. The molecule has 1 saturated carbocycles. The average molecular weight is 503 g/mol. The summed E-state index contributed by atoms with van der Waals surface area (Å²) >= 11 is 0. The first-order chi connectivity index (χ1) is 16.8. The second-order valence-corrected chi connectivity index (χ2v) is 11.3. The Morgan fingerprint density at radius 2 is 1.71 bits per heavy atom. The van der Waals surface area contributed by atoms with Crippen LogP contribution in [0.5, 0.6) is 5.75 Å². The summed E-state index contributed by atoms with van der Waals surface area (Å²) in [7, 11) is -2.25. The van der Waals surface area contributed by atoms with Crippen LogP contribution in [0, 0.1) is 5.92 Å². The van der Waals surface area contributed by atoms with Gasteiger partial charge in [-0.15, -0.1) is 0 Å². The molecule has 0 heterocycles. The van der Waals surface area contributed by atoms with E-state index in [0.29, 0.717) is 30.3 Å². The third-order valence-electron chi connectivity index (χ3n) is 6.52. The summed E-state index contributed by atoms with van der Waals surface area (Å²) in [5.74, 6) is 0.867. The van der Waals surface area contributed by atoms with Crippen LogP contribution in [0.2, 0.25) is 0 Å². The summed E-state index contributed by atoms with van der Waals surface area (Å²) in [5, 5.41) is 11.0. The average Bonchev–Trinajstić information content (AvgIpc) is 3.37. The first-order valence-corrected chi connectivity index (χ1v) is 13.9. The molecule has 1 N–H and O–H groups in total. The Kier molecular flexibility index (Phi) is 10.3. The molecule has 1 aliphatic carbocycles. The van der Waals surface area contributed by atoms with E-state index in [0.717, 1.165) is 32.1 Å². The first-order valence-electron chi connectivity index (χ1n) is 12.5. The summed E-state index contributed by atoms with van der Waals surface area (Å²) in [5.41, 5.74) is 0.632. The highest BCUT2D eigenvalue weighted by atomic mass is 32.2. The van der Waals surface area contributed by atoms with E-state index < -0.39 is 16.1 Å². The van der Waals surface area contributed by atoms with Gasteiger partial charge in [-0.25, -0.2) is 8.42 Å². The number of ether oxygens (including phenoxy) is 1. The van der Waals surface area contributed by atoms with Crippen LogP contribution < -0.4 is 4.74 Å². The predicted octanol–water partition coefficient (Wildman–Crippen LogP) is 3.83. The molecular formula is C27H38N2O5S. The van der Waals surface area contributed by atoms with Crippen molar-refractivity contribution in [1.82, 2.24) is 9.21 Å². The fourth-order valence-electron chi connectivity index (χ4n) is 4.71. The maximum absolute atomic E-state index is 13.5. The molecule has 0 saturated heterocycles. The highest BCUT2D eigenvalue weighted by Gasteiger charge is 2.31. The van der Waals surface area contributed by atoms with Crippen LogP contribution in [-0.2, 0) is 10.0 Å². The van der Waals surface area contributed by atoms with Gasteiger partial charge >= 0.3 is 0 Å². The van der Waals surface area contributed by atoms with Gasteiger partial charge in [0.15, 0.2) is 5.78 Å². The number of sulfonamides is 1. The van der Waals surface area contributed by atoms with Crippen molar-refractivity contribution < 1.29 is 23.1 Å². The third kappa shape index (κ3) is 7.87. The zero-order valence-electron chi connectivity index (χ0n) is 20.8. The molecule has 8 heteroatoms. The van der Waals surface area contributed by atoms with Crippen LogP contribution in [-0.4, -0.2) is 74.5 Å². The second kappa shape index (κ2) is 13.2. The molecule has 0 unspecified atom stereocenters. The van der Waals surface area contributed by atoms with Crippen LogP contribution >= 0.6 is 0 Å². The minimum Gasteiger partial charge on any atom is -0.497 e. The Labute approximate surface area is 209 Å². The number of nitrogens with zero attached hydrogens (tertiary/aromatic N) is 2. The van der Waals surface area contributed by atoms with E-state index in [1.165, 1.54) is 11.4 Å². The molecule has 0 radical (unpaired) electrons. The van der Waals surface area contributed by atoms with Gasteiger partial charge in [-0.2, -0.15) is 4.31 Å². The molecule has 1 atom stereocenters. The number of rotatable bonds is 14. The van der Waals surface area contributed by atoms with E-state index in [2.05, 4.69) is 0 Å². The van der Waals surface area contributed by atoms with Gasteiger partial charge in [-0.1, -0.05) is 50.1 Å². The van der Waals surface area contributed by atoms with Crippen LogP contribution in [0.3, 0.4) is 0 Å². The minimum atomic E-state index is -3.79. The lowest BCUT2D eigenvalue weighted by atomic mass is 10.1. The summed E-state index contributed by atoms with van der Waals surface area (Å²) < 4.78 is 33.7. The SMILES string of the molecule is CCCN(CC(=O)c1ccccc1)C[C@H](O)CN(CC1CCCC1)S(=O)(=O)c1ccc(OC)cc1. The van der Waals surface area contributed by atoms with Gasteiger partial charge in [0.25, 0.3) is 0 Å². The van der Waals surface area contributed by atoms with Crippen LogP contribution in [0.4, 0.5) is 0 Å². The standard InChI is InChI=1S/C27H38N2O5S/c1-3-17-28(21-27(31)23-11-5-4-6-12-23)19-24(30)20-29(18-22-9-7-8-10-22)35(32,33)26-15-13-25(34-2)14-16-26/h4-6,11-16,22,24,30H,3,7-10,17-21H2,1-2H3/t24-/m0/s1. The number of Topliss-reactive ketones (excluding diaryl/α,β-unsaturated/α-hetero) is 1. The largest absolute Gasteiger partial charge is 0.497 e. The molecule has 2 aromatic carbocycles. The molecule has 1 fully saturated rings. The Bertz CT molecular complexity index is 1020. The molecule has 192 valence electrons. The molecule has 0 bridgehead atoms. The number of carbonyl (C=O) groups excluding carboxylic acids is 1. The van der Waals surface area contributed by atoms with Gasteiger partial charge in [-0.05, 0) is 56.0 Å². The van der Waals surface area contributed by atoms with Crippen molar-refractivity contribution in [3.05, 3.63) is 60.2 Å². The van der Waals surface area contributed by atoms with Crippen molar-refractivity contribution in [3.63, 3.8) is 0 Å². The Morgan fingerprint density at radius 1 is 1.06 bits per heavy atom. The maximum Gasteiger partial charge on any atom is 0.243 e. The van der Waals surface area contributed by atoms with Gasteiger partial charge in [0.1, 0.15) is 5.75 Å². The van der Waals surface area contributed by atoms with Gasteiger partial charge in [0.05, 0.1) is 24.7 Å². The molecule has 35 heavy (non-hydrogen) atoms. The quantitative estimate of drug-likeness (QED) is 0.395. The molecule has 0 aromatic heterocycles. The topological polar surface area (TPSA) is 87.2 Å². The summed E-state index contributed by atoms with van der Waals surface area (Å²) in [4.78, 5) is 14.8. The van der Waals surface area contributed by atoms with Crippen LogP contribution in [0.1, 0.15) is 49.4 Å². The molecule has 3 rings (SSSR count). The van der Waals surface area contributed by atoms with Crippen molar-refractivity contribution >= 4 is 15.8 Å². The molecule has 1 aliphatic rings. The van der Waals surface area contributed by atoms with Crippen LogP contribution in [0.15, 0.2) is 59.5 Å². The zero-order chi connectivity index (χ0) is 25.3. The zero-order valence-corrected chi connectivity index (χ0v) is 21.6. The van der Waals surface area contributed by atoms with E-state index in [1.807, 2.05) is 30.0 Å². The minimum absolute atomic E-state index is 0.00932.